The number of aromatic nitrogens is 3. The predicted octanol–water partition coefficient (Wildman–Crippen LogP) is 2.27. The summed E-state index contributed by atoms with van der Waals surface area (Å²) in [7, 11) is 0. The third-order valence-electron chi connectivity index (χ3n) is 6.24. The Bertz CT molecular complexity index is 1170. The molecule has 0 aliphatic rings. The van der Waals surface area contributed by atoms with Crippen LogP contribution in [0, 0.1) is 0 Å². The summed E-state index contributed by atoms with van der Waals surface area (Å²) in [5.74, 6) is 0.0320. The van der Waals surface area contributed by atoms with Crippen LogP contribution in [-0.4, -0.2) is 56.4 Å². The molecule has 0 unspecified atom stereocenters. The number of benzene rings is 2. The highest BCUT2D eigenvalue weighted by Crippen LogP contribution is 2.22. The highest BCUT2D eigenvalue weighted by Gasteiger charge is 2.10. The van der Waals surface area contributed by atoms with Crippen LogP contribution in [0.2, 0.25) is 0 Å². The first-order chi connectivity index (χ1) is 18.0. The molecular formula is C27H38N4O6. The van der Waals surface area contributed by atoms with E-state index < -0.39 is 17.5 Å². The average Bonchev–Trinajstić information content (AvgIpc) is 3.24. The number of aliphatic hydroxyl groups excluding tert-OH is 2. The molecule has 0 aliphatic carbocycles. The first kappa shape index (κ1) is 28.4. The van der Waals surface area contributed by atoms with E-state index in [1.807, 2.05) is 18.2 Å². The van der Waals surface area contributed by atoms with E-state index >= 15 is 0 Å². The van der Waals surface area contributed by atoms with Gasteiger partial charge in [-0.2, -0.15) is 0 Å². The number of hydrogen-bond acceptors (Lipinski definition) is 7. The monoisotopic (exact) mass is 514 g/mol. The summed E-state index contributed by atoms with van der Waals surface area (Å²) in [6.07, 6.45) is 6.29. The molecule has 0 aliphatic heterocycles. The number of nitrogens with one attached hydrogen (secondary N) is 3. The number of hydrogen-bond donors (Lipinski definition) is 6. The Hall–Kier alpha value is -3.18. The number of nitrogens with zero attached hydrogens (tertiary/aromatic N) is 1. The maximum atomic E-state index is 11.8. The van der Waals surface area contributed by atoms with E-state index in [0.29, 0.717) is 30.0 Å². The number of rotatable bonds is 17. The normalized spacial score (nSPS) is 12.2. The molecule has 0 amide bonds. The van der Waals surface area contributed by atoms with Gasteiger partial charge in [0, 0.05) is 25.3 Å². The SMILES string of the molecule is O=c1[nH][nH]c(=O)n1-c1cccc(CCCCOCCCCCCNC[C@H](O)c2ccc(O)c(CO)c2)c1. The van der Waals surface area contributed by atoms with Gasteiger partial charge in [0.2, 0.25) is 0 Å². The fourth-order valence-electron chi connectivity index (χ4n) is 4.14. The topological polar surface area (TPSA) is 153 Å². The summed E-state index contributed by atoms with van der Waals surface area (Å²) >= 11 is 0. The highest BCUT2D eigenvalue weighted by molar-refractivity contribution is 5.37. The van der Waals surface area contributed by atoms with E-state index in [9.17, 15) is 24.9 Å². The van der Waals surface area contributed by atoms with Crippen LogP contribution in [0.1, 0.15) is 61.3 Å². The third kappa shape index (κ3) is 9.01. The van der Waals surface area contributed by atoms with Crippen LogP contribution in [0.3, 0.4) is 0 Å². The first-order valence-electron chi connectivity index (χ1n) is 12.9. The van der Waals surface area contributed by atoms with Crippen LogP contribution in [0.4, 0.5) is 0 Å². The van der Waals surface area contributed by atoms with E-state index in [1.165, 1.54) is 6.07 Å². The van der Waals surface area contributed by atoms with Crippen LogP contribution >= 0.6 is 0 Å². The van der Waals surface area contributed by atoms with Crippen molar-refractivity contribution in [2.45, 2.75) is 57.7 Å². The van der Waals surface area contributed by atoms with Crippen molar-refractivity contribution in [1.82, 2.24) is 20.1 Å². The molecule has 0 radical (unpaired) electrons. The Morgan fingerprint density at radius 2 is 1.65 bits per heavy atom. The van der Waals surface area contributed by atoms with Crippen LogP contribution in [0.15, 0.2) is 52.1 Å². The minimum Gasteiger partial charge on any atom is -0.508 e. The molecule has 202 valence electrons. The van der Waals surface area contributed by atoms with Gasteiger partial charge in [-0.1, -0.05) is 31.0 Å². The zero-order valence-corrected chi connectivity index (χ0v) is 21.1. The molecule has 10 nitrogen and oxygen atoms in total. The summed E-state index contributed by atoms with van der Waals surface area (Å²) in [5, 5.41) is 36.9. The second-order valence-corrected chi connectivity index (χ2v) is 9.12. The van der Waals surface area contributed by atoms with Gasteiger partial charge in [-0.15, -0.1) is 0 Å². The molecule has 0 fully saturated rings. The molecule has 0 saturated heterocycles. The summed E-state index contributed by atoms with van der Waals surface area (Å²) in [5.41, 5.74) is 1.76. The van der Waals surface area contributed by atoms with Crippen LogP contribution < -0.4 is 16.7 Å². The van der Waals surface area contributed by atoms with Crippen molar-refractivity contribution in [1.29, 1.82) is 0 Å². The Kier molecular flexibility index (Phi) is 11.6. The van der Waals surface area contributed by atoms with Crippen LogP contribution in [0.5, 0.6) is 5.75 Å². The van der Waals surface area contributed by atoms with E-state index in [4.69, 9.17) is 4.74 Å². The van der Waals surface area contributed by atoms with Gasteiger partial charge in [-0.25, -0.2) is 24.4 Å². The molecule has 6 N–H and O–H groups in total. The molecule has 37 heavy (non-hydrogen) atoms. The summed E-state index contributed by atoms with van der Waals surface area (Å²) in [6.45, 7) is 2.44. The van der Waals surface area contributed by atoms with Gasteiger partial charge in [0.1, 0.15) is 5.75 Å². The van der Waals surface area contributed by atoms with Crippen molar-refractivity contribution in [2.24, 2.45) is 0 Å². The molecule has 0 saturated carbocycles. The molecule has 3 rings (SSSR count). The van der Waals surface area contributed by atoms with Gasteiger partial charge in [0.15, 0.2) is 0 Å². The maximum absolute atomic E-state index is 11.8. The minimum atomic E-state index is -0.684. The fourth-order valence-corrected chi connectivity index (χ4v) is 4.14. The average molecular weight is 515 g/mol. The van der Waals surface area contributed by atoms with E-state index in [0.717, 1.165) is 68.2 Å². The lowest BCUT2D eigenvalue weighted by Gasteiger charge is -2.14. The van der Waals surface area contributed by atoms with E-state index in [-0.39, 0.29) is 12.4 Å². The highest BCUT2D eigenvalue weighted by atomic mass is 16.5. The Morgan fingerprint density at radius 3 is 2.41 bits per heavy atom. The van der Waals surface area contributed by atoms with E-state index in [2.05, 4.69) is 15.5 Å². The molecule has 1 heterocycles. The van der Waals surface area contributed by atoms with Crippen molar-refractivity contribution < 1.29 is 20.1 Å². The molecule has 0 spiro atoms. The lowest BCUT2D eigenvalue weighted by atomic mass is 10.1. The van der Waals surface area contributed by atoms with Crippen molar-refractivity contribution >= 4 is 0 Å². The van der Waals surface area contributed by atoms with E-state index in [1.54, 1.807) is 18.2 Å². The zero-order chi connectivity index (χ0) is 26.5. The number of aromatic amines is 2. The largest absolute Gasteiger partial charge is 0.508 e. The Labute approximate surface area is 215 Å². The molecule has 0 bridgehead atoms. The lowest BCUT2D eigenvalue weighted by Crippen LogP contribution is -2.24. The number of aromatic hydroxyl groups is 1. The van der Waals surface area contributed by atoms with Gasteiger partial charge in [-0.05, 0) is 74.0 Å². The lowest BCUT2D eigenvalue weighted by molar-refractivity contribution is 0.126. The van der Waals surface area contributed by atoms with Crippen LogP contribution in [-0.2, 0) is 17.8 Å². The van der Waals surface area contributed by atoms with Gasteiger partial charge < -0.3 is 25.4 Å². The van der Waals surface area contributed by atoms with Crippen molar-refractivity contribution in [3.05, 3.63) is 80.1 Å². The predicted molar refractivity (Wildman–Crippen MR) is 141 cm³/mol. The first-order valence-corrected chi connectivity index (χ1v) is 12.9. The second kappa shape index (κ2) is 15.2. The number of H-pyrrole nitrogens is 2. The standard InChI is InChI=1S/C27H38N4O6/c32-19-22-17-21(11-12-24(22)33)25(34)18-28-13-4-1-2-5-14-37-15-6-3-8-20-9-7-10-23(16-20)31-26(35)29-30-27(31)36/h7,9-12,16-17,25,28,32-34H,1-6,8,13-15,18-19H2,(H,29,35)(H,30,36)/t25-/m0/s1. The van der Waals surface area contributed by atoms with Crippen molar-refractivity contribution in [3.8, 4) is 11.4 Å². The molecule has 1 aromatic heterocycles. The van der Waals surface area contributed by atoms with Crippen molar-refractivity contribution in [3.63, 3.8) is 0 Å². The van der Waals surface area contributed by atoms with Crippen molar-refractivity contribution in [2.75, 3.05) is 26.3 Å². The number of aliphatic hydroxyl groups is 2. The molecule has 3 aromatic rings. The van der Waals surface area contributed by atoms with Gasteiger partial charge in [-0.3, -0.25) is 0 Å². The fraction of sp³-hybridized carbons (Fsp3) is 0.481. The second-order valence-electron chi connectivity index (χ2n) is 9.12. The zero-order valence-electron chi connectivity index (χ0n) is 21.1. The van der Waals surface area contributed by atoms with Gasteiger partial charge >= 0.3 is 11.4 Å². The molecule has 1 atom stereocenters. The smallest absolute Gasteiger partial charge is 0.348 e. The minimum absolute atomic E-state index is 0.0320. The third-order valence-corrected chi connectivity index (χ3v) is 6.24. The Balaban J connectivity index is 1.17. The summed E-state index contributed by atoms with van der Waals surface area (Å²) in [6, 6.07) is 12.2. The maximum Gasteiger partial charge on any atom is 0.348 e. The Morgan fingerprint density at radius 1 is 0.919 bits per heavy atom. The number of unbranched alkanes of at least 4 members (excludes halogenated alkanes) is 4. The van der Waals surface area contributed by atoms with Crippen LogP contribution in [0.25, 0.3) is 5.69 Å². The number of phenols is 1. The van der Waals surface area contributed by atoms with Gasteiger partial charge in [0.25, 0.3) is 0 Å². The summed E-state index contributed by atoms with van der Waals surface area (Å²) in [4.78, 5) is 23.5. The molecule has 2 aromatic carbocycles. The quantitative estimate of drug-likeness (QED) is 0.151. The number of aryl methyl sites for hydroxylation is 1. The molecular weight excluding hydrogens is 476 g/mol. The summed E-state index contributed by atoms with van der Waals surface area (Å²) < 4.78 is 6.82. The molecule has 10 heteroatoms. The number of ether oxygens (including phenoxy) is 1. The van der Waals surface area contributed by atoms with Gasteiger partial charge in [0.05, 0.1) is 18.4 Å².